The van der Waals surface area contributed by atoms with Crippen molar-refractivity contribution in [2.45, 2.75) is 25.2 Å². The van der Waals surface area contributed by atoms with E-state index in [1.807, 2.05) is 12.1 Å². The summed E-state index contributed by atoms with van der Waals surface area (Å²) in [5.41, 5.74) is 2.59. The molecule has 3 nitrogen and oxygen atoms in total. The molecule has 1 atom stereocenters. The van der Waals surface area contributed by atoms with Crippen LogP contribution in [0.3, 0.4) is 0 Å². The van der Waals surface area contributed by atoms with E-state index in [4.69, 9.17) is 0 Å². The SMILES string of the molecule is O=[N+]([O-])/C=C/C1CCCc2ccccc21. The summed E-state index contributed by atoms with van der Waals surface area (Å²) in [6.45, 7) is 0. The van der Waals surface area contributed by atoms with Crippen LogP contribution in [0.15, 0.2) is 36.5 Å². The molecule has 0 aliphatic heterocycles. The highest BCUT2D eigenvalue weighted by molar-refractivity contribution is 5.34. The van der Waals surface area contributed by atoms with Gasteiger partial charge in [0.15, 0.2) is 0 Å². The van der Waals surface area contributed by atoms with Crippen molar-refractivity contribution >= 4 is 0 Å². The van der Waals surface area contributed by atoms with Crippen LogP contribution in [0.25, 0.3) is 0 Å². The second kappa shape index (κ2) is 4.26. The van der Waals surface area contributed by atoms with E-state index in [1.54, 1.807) is 6.08 Å². The zero-order valence-electron chi connectivity index (χ0n) is 8.43. The van der Waals surface area contributed by atoms with E-state index in [0.717, 1.165) is 25.5 Å². The second-order valence-electron chi connectivity index (χ2n) is 3.82. The molecule has 0 amide bonds. The van der Waals surface area contributed by atoms with Gasteiger partial charge >= 0.3 is 0 Å². The fourth-order valence-electron chi connectivity index (χ4n) is 2.17. The molecule has 0 heterocycles. The molecule has 2 rings (SSSR count). The number of hydrogen-bond donors (Lipinski definition) is 0. The molecule has 0 bridgehead atoms. The van der Waals surface area contributed by atoms with Crippen LogP contribution >= 0.6 is 0 Å². The van der Waals surface area contributed by atoms with Gasteiger partial charge in [-0.15, -0.1) is 0 Å². The minimum Gasteiger partial charge on any atom is -0.259 e. The Morgan fingerprint density at radius 3 is 3.00 bits per heavy atom. The van der Waals surface area contributed by atoms with Crippen LogP contribution in [0, 0.1) is 10.1 Å². The highest BCUT2D eigenvalue weighted by atomic mass is 16.6. The smallest absolute Gasteiger partial charge is 0.231 e. The number of nitro groups is 1. The van der Waals surface area contributed by atoms with Crippen molar-refractivity contribution in [2.24, 2.45) is 0 Å². The van der Waals surface area contributed by atoms with E-state index in [-0.39, 0.29) is 5.92 Å². The molecule has 15 heavy (non-hydrogen) atoms. The fourth-order valence-corrected chi connectivity index (χ4v) is 2.17. The molecule has 1 unspecified atom stereocenters. The molecule has 0 spiro atoms. The quantitative estimate of drug-likeness (QED) is 0.548. The van der Waals surface area contributed by atoms with Gasteiger partial charge in [0.2, 0.25) is 6.20 Å². The van der Waals surface area contributed by atoms with Gasteiger partial charge in [-0.1, -0.05) is 24.3 Å². The Bertz CT molecular complexity index is 398. The third kappa shape index (κ3) is 2.24. The van der Waals surface area contributed by atoms with Crippen LogP contribution in [0.4, 0.5) is 0 Å². The first-order valence-corrected chi connectivity index (χ1v) is 5.17. The molecule has 0 aromatic heterocycles. The molecule has 1 aliphatic carbocycles. The maximum absolute atomic E-state index is 10.3. The Morgan fingerprint density at radius 1 is 1.40 bits per heavy atom. The zero-order valence-corrected chi connectivity index (χ0v) is 8.43. The van der Waals surface area contributed by atoms with Gasteiger partial charge in [-0.2, -0.15) is 0 Å². The third-order valence-corrected chi connectivity index (χ3v) is 2.86. The molecular formula is C12H13NO2. The number of allylic oxidation sites excluding steroid dienone is 1. The number of benzene rings is 1. The summed E-state index contributed by atoms with van der Waals surface area (Å²) in [7, 11) is 0. The molecule has 1 aromatic carbocycles. The maximum atomic E-state index is 10.3. The average Bonchev–Trinajstić information content (AvgIpc) is 2.26. The minimum atomic E-state index is -0.392. The fraction of sp³-hybridized carbons (Fsp3) is 0.333. The Hall–Kier alpha value is -1.64. The lowest BCUT2D eigenvalue weighted by molar-refractivity contribution is -0.402. The van der Waals surface area contributed by atoms with Crippen molar-refractivity contribution in [1.29, 1.82) is 0 Å². The van der Waals surface area contributed by atoms with Crippen molar-refractivity contribution in [3.8, 4) is 0 Å². The molecule has 0 N–H and O–H groups in total. The van der Waals surface area contributed by atoms with Gasteiger partial charge < -0.3 is 0 Å². The molecular weight excluding hydrogens is 190 g/mol. The van der Waals surface area contributed by atoms with E-state index >= 15 is 0 Å². The number of fused-ring (bicyclic) bond motifs is 1. The highest BCUT2D eigenvalue weighted by Gasteiger charge is 2.17. The molecule has 0 radical (unpaired) electrons. The Kier molecular flexibility index (Phi) is 2.81. The van der Waals surface area contributed by atoms with Gasteiger partial charge in [0.1, 0.15) is 0 Å². The monoisotopic (exact) mass is 203 g/mol. The predicted molar refractivity (Wildman–Crippen MR) is 58.3 cm³/mol. The molecule has 0 fully saturated rings. The van der Waals surface area contributed by atoms with Gasteiger partial charge in [-0.05, 0) is 36.5 Å². The number of rotatable bonds is 2. The lowest BCUT2D eigenvalue weighted by atomic mass is 9.83. The normalized spacial score (nSPS) is 20.1. The summed E-state index contributed by atoms with van der Waals surface area (Å²) in [6, 6.07) is 8.21. The highest BCUT2D eigenvalue weighted by Crippen LogP contribution is 2.32. The number of nitrogens with zero attached hydrogens (tertiary/aromatic N) is 1. The van der Waals surface area contributed by atoms with Crippen molar-refractivity contribution in [1.82, 2.24) is 0 Å². The van der Waals surface area contributed by atoms with Crippen LogP contribution in [-0.4, -0.2) is 4.92 Å². The second-order valence-corrected chi connectivity index (χ2v) is 3.82. The molecule has 0 saturated carbocycles. The van der Waals surface area contributed by atoms with Gasteiger partial charge in [0.05, 0.1) is 4.92 Å². The van der Waals surface area contributed by atoms with Crippen LogP contribution in [-0.2, 0) is 6.42 Å². The Labute approximate surface area is 88.6 Å². The van der Waals surface area contributed by atoms with Crippen LogP contribution in [0.5, 0.6) is 0 Å². The van der Waals surface area contributed by atoms with Gasteiger partial charge in [0.25, 0.3) is 0 Å². The van der Waals surface area contributed by atoms with Crippen LogP contribution < -0.4 is 0 Å². The lowest BCUT2D eigenvalue weighted by Crippen LogP contribution is -2.07. The van der Waals surface area contributed by atoms with E-state index < -0.39 is 4.92 Å². The molecule has 1 aliphatic rings. The predicted octanol–water partition coefficient (Wildman–Crippen LogP) is 2.90. The van der Waals surface area contributed by atoms with E-state index in [1.165, 1.54) is 11.1 Å². The first-order valence-electron chi connectivity index (χ1n) is 5.17. The van der Waals surface area contributed by atoms with Crippen LogP contribution in [0.2, 0.25) is 0 Å². The van der Waals surface area contributed by atoms with E-state index in [9.17, 15) is 10.1 Å². The largest absolute Gasteiger partial charge is 0.259 e. The number of hydrogen-bond acceptors (Lipinski definition) is 2. The minimum absolute atomic E-state index is 0.223. The molecule has 1 aromatic rings. The summed E-state index contributed by atoms with van der Waals surface area (Å²) in [5.74, 6) is 0.223. The Morgan fingerprint density at radius 2 is 2.20 bits per heavy atom. The average molecular weight is 203 g/mol. The van der Waals surface area contributed by atoms with Gasteiger partial charge in [-0.3, -0.25) is 10.1 Å². The Balaban J connectivity index is 2.26. The van der Waals surface area contributed by atoms with Gasteiger partial charge in [0, 0.05) is 5.92 Å². The van der Waals surface area contributed by atoms with Gasteiger partial charge in [-0.25, -0.2) is 0 Å². The van der Waals surface area contributed by atoms with Crippen LogP contribution in [0.1, 0.15) is 29.9 Å². The number of aryl methyl sites for hydroxylation is 1. The summed E-state index contributed by atoms with van der Waals surface area (Å²) in [6.07, 6.45) is 5.99. The standard InChI is InChI=1S/C12H13NO2/c14-13(15)9-8-11-6-3-5-10-4-1-2-7-12(10)11/h1-2,4,7-9,11H,3,5-6H2/b9-8+. The first-order chi connectivity index (χ1) is 7.27. The van der Waals surface area contributed by atoms with Crippen molar-refractivity contribution in [2.75, 3.05) is 0 Å². The summed E-state index contributed by atoms with van der Waals surface area (Å²) in [5, 5.41) is 10.3. The lowest BCUT2D eigenvalue weighted by Gasteiger charge is -2.21. The van der Waals surface area contributed by atoms with Crippen molar-refractivity contribution in [3.63, 3.8) is 0 Å². The molecule has 78 valence electrons. The zero-order chi connectivity index (χ0) is 10.7. The molecule has 3 heteroatoms. The van der Waals surface area contributed by atoms with Crippen molar-refractivity contribution < 1.29 is 4.92 Å². The maximum Gasteiger partial charge on any atom is 0.231 e. The molecule has 0 saturated heterocycles. The topological polar surface area (TPSA) is 43.1 Å². The van der Waals surface area contributed by atoms with E-state index in [0.29, 0.717) is 0 Å². The third-order valence-electron chi connectivity index (χ3n) is 2.86. The summed E-state index contributed by atoms with van der Waals surface area (Å²) < 4.78 is 0. The summed E-state index contributed by atoms with van der Waals surface area (Å²) in [4.78, 5) is 9.88. The first kappa shape index (κ1) is 9.90. The van der Waals surface area contributed by atoms with E-state index in [2.05, 4.69) is 12.1 Å². The summed E-state index contributed by atoms with van der Waals surface area (Å²) >= 11 is 0. The van der Waals surface area contributed by atoms with Crippen molar-refractivity contribution in [3.05, 3.63) is 57.8 Å².